The Hall–Kier alpha value is -1.02. The van der Waals surface area contributed by atoms with Crippen molar-refractivity contribution < 1.29 is 4.74 Å². The van der Waals surface area contributed by atoms with Crippen LogP contribution in [-0.4, -0.2) is 32.1 Å². The van der Waals surface area contributed by atoms with Gasteiger partial charge in [-0.05, 0) is 56.5 Å². The SMILES string of the molecule is CCCCCOc1cccc([C@H](CC)[C@@H](C)CN(C)C)c1. The third-order valence-electron chi connectivity index (χ3n) is 4.08. The Morgan fingerprint density at radius 3 is 2.52 bits per heavy atom. The molecule has 2 nitrogen and oxygen atoms in total. The highest BCUT2D eigenvalue weighted by atomic mass is 16.5. The minimum atomic E-state index is 0.603. The zero-order valence-corrected chi connectivity index (χ0v) is 14.6. The van der Waals surface area contributed by atoms with Gasteiger partial charge in [0.25, 0.3) is 0 Å². The molecule has 1 rings (SSSR count). The highest BCUT2D eigenvalue weighted by molar-refractivity contribution is 5.31. The zero-order valence-electron chi connectivity index (χ0n) is 14.6. The maximum atomic E-state index is 5.89. The van der Waals surface area contributed by atoms with E-state index in [4.69, 9.17) is 4.74 Å². The lowest BCUT2D eigenvalue weighted by Crippen LogP contribution is -2.24. The first kappa shape index (κ1) is 18.0. The summed E-state index contributed by atoms with van der Waals surface area (Å²) in [6.07, 6.45) is 4.81. The summed E-state index contributed by atoms with van der Waals surface area (Å²) < 4.78 is 5.89. The Bertz CT molecular complexity index is 389. The summed E-state index contributed by atoms with van der Waals surface area (Å²) in [5.41, 5.74) is 1.42. The predicted octanol–water partition coefficient (Wildman–Crippen LogP) is 4.95. The average Bonchev–Trinajstić information content (AvgIpc) is 2.44. The Kier molecular flexibility index (Phi) is 8.44. The lowest BCUT2D eigenvalue weighted by molar-refractivity contribution is 0.296. The van der Waals surface area contributed by atoms with E-state index in [1.165, 1.54) is 24.8 Å². The number of rotatable bonds is 10. The number of hydrogen-bond donors (Lipinski definition) is 0. The van der Waals surface area contributed by atoms with Crippen LogP contribution in [0.2, 0.25) is 0 Å². The van der Waals surface area contributed by atoms with Gasteiger partial charge >= 0.3 is 0 Å². The molecule has 0 amide bonds. The zero-order chi connectivity index (χ0) is 15.7. The van der Waals surface area contributed by atoms with E-state index < -0.39 is 0 Å². The number of benzene rings is 1. The molecule has 0 heterocycles. The summed E-state index contributed by atoms with van der Waals surface area (Å²) in [4.78, 5) is 2.28. The van der Waals surface area contributed by atoms with Crippen LogP contribution >= 0.6 is 0 Å². The van der Waals surface area contributed by atoms with Crippen molar-refractivity contribution in [2.24, 2.45) is 5.92 Å². The normalized spacial score (nSPS) is 14.2. The molecule has 0 radical (unpaired) electrons. The maximum Gasteiger partial charge on any atom is 0.119 e. The van der Waals surface area contributed by atoms with Crippen molar-refractivity contribution in [2.75, 3.05) is 27.2 Å². The highest BCUT2D eigenvalue weighted by Crippen LogP contribution is 2.30. The van der Waals surface area contributed by atoms with Crippen LogP contribution in [0.5, 0.6) is 5.75 Å². The minimum absolute atomic E-state index is 0.603. The van der Waals surface area contributed by atoms with Gasteiger partial charge in [0, 0.05) is 6.54 Å². The molecule has 0 aliphatic rings. The van der Waals surface area contributed by atoms with Crippen LogP contribution in [-0.2, 0) is 0 Å². The molecule has 0 spiro atoms. The molecule has 1 aromatic carbocycles. The van der Waals surface area contributed by atoms with Crippen LogP contribution in [0.4, 0.5) is 0 Å². The van der Waals surface area contributed by atoms with E-state index in [9.17, 15) is 0 Å². The summed E-state index contributed by atoms with van der Waals surface area (Å²) in [7, 11) is 4.30. The monoisotopic (exact) mass is 291 g/mol. The number of hydrogen-bond acceptors (Lipinski definition) is 2. The largest absolute Gasteiger partial charge is 0.494 e. The van der Waals surface area contributed by atoms with Gasteiger partial charge in [-0.3, -0.25) is 0 Å². The molecule has 0 aromatic heterocycles. The molecule has 2 heteroatoms. The van der Waals surface area contributed by atoms with E-state index in [2.05, 4.69) is 64.0 Å². The van der Waals surface area contributed by atoms with Crippen LogP contribution in [0.3, 0.4) is 0 Å². The standard InChI is InChI=1S/C19H33NO/c1-6-8-9-13-21-18-12-10-11-17(14-18)19(7-2)16(3)15-20(4)5/h10-12,14,16,19H,6-9,13,15H2,1-5H3/t16-,19+/m0/s1. The van der Waals surface area contributed by atoms with Crippen molar-refractivity contribution in [1.29, 1.82) is 0 Å². The number of nitrogens with zero attached hydrogens (tertiary/aromatic N) is 1. The second-order valence-electron chi connectivity index (χ2n) is 6.38. The van der Waals surface area contributed by atoms with E-state index in [0.29, 0.717) is 11.8 Å². The summed E-state index contributed by atoms with van der Waals surface area (Å²) in [5.74, 6) is 2.28. The Labute approximate surface area is 131 Å². The molecule has 0 aliphatic carbocycles. The van der Waals surface area contributed by atoms with Crippen LogP contribution < -0.4 is 4.74 Å². The van der Waals surface area contributed by atoms with Gasteiger partial charge in [-0.25, -0.2) is 0 Å². The smallest absolute Gasteiger partial charge is 0.119 e. The molecule has 0 fully saturated rings. The first-order chi connectivity index (χ1) is 10.1. The van der Waals surface area contributed by atoms with Crippen LogP contribution in [0.15, 0.2) is 24.3 Å². The first-order valence-electron chi connectivity index (χ1n) is 8.45. The van der Waals surface area contributed by atoms with Crippen molar-refractivity contribution in [1.82, 2.24) is 4.90 Å². The summed E-state index contributed by atoms with van der Waals surface area (Å²) in [5, 5.41) is 0. The maximum absolute atomic E-state index is 5.89. The molecule has 0 unspecified atom stereocenters. The van der Waals surface area contributed by atoms with Gasteiger partial charge in [0.2, 0.25) is 0 Å². The molecular formula is C19H33NO. The average molecular weight is 291 g/mol. The quantitative estimate of drug-likeness (QED) is 0.566. The van der Waals surface area contributed by atoms with E-state index >= 15 is 0 Å². The summed E-state index contributed by atoms with van der Waals surface area (Å²) in [6, 6.07) is 8.71. The third-order valence-corrected chi connectivity index (χ3v) is 4.08. The van der Waals surface area contributed by atoms with Gasteiger partial charge in [-0.15, -0.1) is 0 Å². The molecule has 2 atom stereocenters. The fourth-order valence-corrected chi connectivity index (χ4v) is 3.05. The molecule has 1 aromatic rings. The Balaban J connectivity index is 2.67. The third kappa shape index (κ3) is 6.52. The van der Waals surface area contributed by atoms with Gasteiger partial charge in [-0.2, -0.15) is 0 Å². The van der Waals surface area contributed by atoms with E-state index in [-0.39, 0.29) is 0 Å². The first-order valence-corrected chi connectivity index (χ1v) is 8.45. The van der Waals surface area contributed by atoms with E-state index in [1.54, 1.807) is 0 Å². The molecule has 21 heavy (non-hydrogen) atoms. The molecule has 0 N–H and O–H groups in total. The van der Waals surface area contributed by atoms with Crippen molar-refractivity contribution in [2.45, 2.75) is 52.4 Å². The molecule has 120 valence electrons. The molecule has 0 aliphatic heterocycles. The fraction of sp³-hybridized carbons (Fsp3) is 0.684. The van der Waals surface area contributed by atoms with Crippen LogP contribution in [0, 0.1) is 5.92 Å². The number of ether oxygens (including phenoxy) is 1. The topological polar surface area (TPSA) is 12.5 Å². The number of unbranched alkanes of at least 4 members (excludes halogenated alkanes) is 2. The summed E-state index contributed by atoms with van der Waals surface area (Å²) in [6.45, 7) is 8.81. The van der Waals surface area contributed by atoms with Crippen molar-refractivity contribution in [3.63, 3.8) is 0 Å². The second kappa shape index (κ2) is 9.83. The van der Waals surface area contributed by atoms with Gasteiger partial charge in [-0.1, -0.05) is 45.7 Å². The predicted molar refractivity (Wildman–Crippen MR) is 92.2 cm³/mol. The lowest BCUT2D eigenvalue weighted by Gasteiger charge is -2.26. The lowest BCUT2D eigenvalue weighted by atomic mass is 9.85. The Morgan fingerprint density at radius 2 is 1.90 bits per heavy atom. The van der Waals surface area contributed by atoms with Gasteiger partial charge in [0.15, 0.2) is 0 Å². The van der Waals surface area contributed by atoms with Crippen molar-refractivity contribution in [3.8, 4) is 5.75 Å². The van der Waals surface area contributed by atoms with Gasteiger partial charge in [0.1, 0.15) is 5.75 Å². The molecule has 0 saturated carbocycles. The van der Waals surface area contributed by atoms with E-state index in [1.807, 2.05) is 0 Å². The molecule has 0 bridgehead atoms. The second-order valence-corrected chi connectivity index (χ2v) is 6.38. The molecule has 0 saturated heterocycles. The van der Waals surface area contributed by atoms with E-state index in [0.717, 1.165) is 25.3 Å². The van der Waals surface area contributed by atoms with Gasteiger partial charge < -0.3 is 9.64 Å². The minimum Gasteiger partial charge on any atom is -0.494 e. The highest BCUT2D eigenvalue weighted by Gasteiger charge is 2.18. The summed E-state index contributed by atoms with van der Waals surface area (Å²) >= 11 is 0. The molecular weight excluding hydrogens is 258 g/mol. The fourth-order valence-electron chi connectivity index (χ4n) is 3.05. The van der Waals surface area contributed by atoms with Crippen LogP contribution in [0.1, 0.15) is 57.9 Å². The van der Waals surface area contributed by atoms with Crippen LogP contribution in [0.25, 0.3) is 0 Å². The van der Waals surface area contributed by atoms with Gasteiger partial charge in [0.05, 0.1) is 6.61 Å². The Morgan fingerprint density at radius 1 is 1.14 bits per heavy atom. The van der Waals surface area contributed by atoms with Crippen molar-refractivity contribution >= 4 is 0 Å². The van der Waals surface area contributed by atoms with Crippen molar-refractivity contribution in [3.05, 3.63) is 29.8 Å².